The van der Waals surface area contributed by atoms with Crippen molar-refractivity contribution in [2.75, 3.05) is 6.61 Å². The van der Waals surface area contributed by atoms with Crippen LogP contribution in [-0.4, -0.2) is 12.7 Å². The number of hydrogen-bond donors (Lipinski definition) is 0. The summed E-state index contributed by atoms with van der Waals surface area (Å²) in [6.45, 7) is 2.84. The van der Waals surface area contributed by atoms with Crippen molar-refractivity contribution in [3.8, 4) is 0 Å². The molecule has 0 amide bonds. The van der Waals surface area contributed by atoms with Gasteiger partial charge in [-0.25, -0.2) is 0 Å². The molecule has 1 aliphatic rings. The predicted molar refractivity (Wildman–Crippen MR) is 61.6 cm³/mol. The van der Waals surface area contributed by atoms with Crippen LogP contribution in [-0.2, 0) is 4.74 Å². The lowest BCUT2D eigenvalue weighted by molar-refractivity contribution is 0.108. The predicted octanol–water partition coefficient (Wildman–Crippen LogP) is 4.17. The number of rotatable bonds is 2. The van der Waals surface area contributed by atoms with Crippen LogP contribution in [0.1, 0.15) is 28.7 Å². The zero-order chi connectivity index (χ0) is 10.1. The first-order valence-electron chi connectivity index (χ1n) is 4.70. The second-order valence-corrected chi connectivity index (χ2v) is 5.71. The van der Waals surface area contributed by atoms with Gasteiger partial charge in [0.25, 0.3) is 0 Å². The van der Waals surface area contributed by atoms with Gasteiger partial charge >= 0.3 is 0 Å². The van der Waals surface area contributed by atoms with Gasteiger partial charge in [-0.2, -0.15) is 0 Å². The fraction of sp³-hybridized carbons (Fsp3) is 0.600. The first-order valence-corrected chi connectivity index (χ1v) is 6.33. The zero-order valence-corrected chi connectivity index (χ0v) is 10.3. The SMILES string of the molecule is Cc1cc(C(Cl)C2CCCO2)sc1Cl. The maximum atomic E-state index is 6.32. The van der Waals surface area contributed by atoms with Crippen molar-refractivity contribution in [2.45, 2.75) is 31.2 Å². The molecular formula is C10H12Cl2OS. The molecule has 0 bridgehead atoms. The molecule has 1 aromatic heterocycles. The van der Waals surface area contributed by atoms with Crippen molar-refractivity contribution in [3.63, 3.8) is 0 Å². The molecule has 1 aromatic rings. The normalized spacial score (nSPS) is 24.1. The summed E-state index contributed by atoms with van der Waals surface area (Å²) >= 11 is 13.9. The van der Waals surface area contributed by atoms with E-state index in [0.29, 0.717) is 0 Å². The van der Waals surface area contributed by atoms with E-state index in [-0.39, 0.29) is 11.5 Å². The molecule has 0 N–H and O–H groups in total. The molecule has 2 heterocycles. The van der Waals surface area contributed by atoms with E-state index in [1.54, 1.807) is 11.3 Å². The monoisotopic (exact) mass is 250 g/mol. The highest BCUT2D eigenvalue weighted by Gasteiger charge is 2.27. The Labute approximate surface area is 98.0 Å². The number of hydrogen-bond acceptors (Lipinski definition) is 2. The summed E-state index contributed by atoms with van der Waals surface area (Å²) < 4.78 is 6.39. The van der Waals surface area contributed by atoms with Crippen LogP contribution in [0.5, 0.6) is 0 Å². The molecule has 0 saturated carbocycles. The van der Waals surface area contributed by atoms with Crippen molar-refractivity contribution in [2.24, 2.45) is 0 Å². The molecular weight excluding hydrogens is 239 g/mol. The Hall–Kier alpha value is 0.240. The molecule has 1 aliphatic heterocycles. The van der Waals surface area contributed by atoms with Crippen molar-refractivity contribution in [1.82, 2.24) is 0 Å². The average molecular weight is 251 g/mol. The van der Waals surface area contributed by atoms with E-state index in [1.807, 2.05) is 6.92 Å². The maximum Gasteiger partial charge on any atom is 0.0960 e. The molecule has 0 spiro atoms. The van der Waals surface area contributed by atoms with E-state index < -0.39 is 0 Å². The standard InChI is InChI=1S/C10H12Cl2OS/c1-6-5-8(14-10(6)12)9(11)7-3-2-4-13-7/h5,7,9H,2-4H2,1H3. The van der Waals surface area contributed by atoms with E-state index in [2.05, 4.69) is 6.07 Å². The summed E-state index contributed by atoms with van der Waals surface area (Å²) in [5.74, 6) is 0. The summed E-state index contributed by atoms with van der Waals surface area (Å²) in [5, 5.41) is -0.0336. The average Bonchev–Trinajstić information content (AvgIpc) is 2.76. The maximum absolute atomic E-state index is 6.32. The second-order valence-electron chi connectivity index (χ2n) is 3.56. The van der Waals surface area contributed by atoms with Crippen molar-refractivity contribution >= 4 is 34.5 Å². The van der Waals surface area contributed by atoms with Gasteiger partial charge < -0.3 is 4.74 Å². The quantitative estimate of drug-likeness (QED) is 0.717. The first kappa shape index (κ1) is 10.7. The molecule has 0 aliphatic carbocycles. The Bertz CT molecular complexity index is 298. The topological polar surface area (TPSA) is 9.23 Å². The number of thiophene rings is 1. The molecule has 1 fully saturated rings. The van der Waals surface area contributed by atoms with Gasteiger partial charge in [0.1, 0.15) is 0 Å². The minimum absolute atomic E-state index is 0.0336. The molecule has 4 heteroatoms. The van der Waals surface area contributed by atoms with E-state index in [0.717, 1.165) is 34.2 Å². The molecule has 78 valence electrons. The van der Waals surface area contributed by atoms with Crippen molar-refractivity contribution in [3.05, 3.63) is 20.8 Å². The lowest BCUT2D eigenvalue weighted by Crippen LogP contribution is -2.11. The fourth-order valence-corrected chi connectivity index (χ4v) is 3.28. The van der Waals surface area contributed by atoms with E-state index in [9.17, 15) is 0 Å². The van der Waals surface area contributed by atoms with Crippen molar-refractivity contribution < 1.29 is 4.74 Å². The Balaban J connectivity index is 2.13. The molecule has 2 rings (SSSR count). The summed E-state index contributed by atoms with van der Waals surface area (Å²) in [5.41, 5.74) is 1.11. The number of aryl methyl sites for hydroxylation is 1. The van der Waals surface area contributed by atoms with Crippen LogP contribution in [0.2, 0.25) is 4.34 Å². The Kier molecular flexibility index (Phi) is 3.38. The van der Waals surface area contributed by atoms with Gasteiger partial charge in [-0.05, 0) is 31.4 Å². The van der Waals surface area contributed by atoms with Gasteiger partial charge in [-0.15, -0.1) is 22.9 Å². The largest absolute Gasteiger partial charge is 0.376 e. The third-order valence-electron chi connectivity index (χ3n) is 2.44. The number of ether oxygens (including phenoxy) is 1. The minimum Gasteiger partial charge on any atom is -0.376 e. The summed E-state index contributed by atoms with van der Waals surface area (Å²) in [6.07, 6.45) is 2.35. The van der Waals surface area contributed by atoms with Crippen LogP contribution >= 0.6 is 34.5 Å². The van der Waals surface area contributed by atoms with Gasteiger partial charge in [0, 0.05) is 11.5 Å². The smallest absolute Gasteiger partial charge is 0.0960 e. The zero-order valence-electron chi connectivity index (χ0n) is 7.93. The van der Waals surface area contributed by atoms with Crippen LogP contribution < -0.4 is 0 Å². The third kappa shape index (κ3) is 2.08. The Morgan fingerprint density at radius 3 is 2.93 bits per heavy atom. The van der Waals surface area contributed by atoms with Crippen LogP contribution in [0.15, 0.2) is 6.07 Å². The lowest BCUT2D eigenvalue weighted by Gasteiger charge is -2.14. The summed E-state index contributed by atoms with van der Waals surface area (Å²) in [4.78, 5) is 1.13. The van der Waals surface area contributed by atoms with E-state index >= 15 is 0 Å². The summed E-state index contributed by atoms with van der Waals surface area (Å²) in [6, 6.07) is 2.06. The van der Waals surface area contributed by atoms with Gasteiger partial charge in [0.05, 0.1) is 15.8 Å². The number of halogens is 2. The molecule has 1 nitrogen and oxygen atoms in total. The van der Waals surface area contributed by atoms with Gasteiger partial charge in [-0.1, -0.05) is 11.6 Å². The highest BCUT2D eigenvalue weighted by molar-refractivity contribution is 7.16. The molecule has 0 aromatic carbocycles. The number of alkyl halides is 1. The van der Waals surface area contributed by atoms with Crippen LogP contribution in [0, 0.1) is 6.92 Å². The van der Waals surface area contributed by atoms with Crippen LogP contribution in [0.3, 0.4) is 0 Å². The van der Waals surface area contributed by atoms with Gasteiger partial charge in [0.2, 0.25) is 0 Å². The Morgan fingerprint density at radius 1 is 1.64 bits per heavy atom. The molecule has 14 heavy (non-hydrogen) atoms. The fourth-order valence-electron chi connectivity index (χ4n) is 1.64. The minimum atomic E-state index is -0.0336. The molecule has 2 unspecified atom stereocenters. The lowest BCUT2D eigenvalue weighted by atomic mass is 10.1. The highest BCUT2D eigenvalue weighted by Crippen LogP contribution is 2.39. The molecule has 0 radical (unpaired) electrons. The van der Waals surface area contributed by atoms with E-state index in [1.165, 1.54) is 0 Å². The third-order valence-corrected chi connectivity index (χ3v) is 4.72. The van der Waals surface area contributed by atoms with Gasteiger partial charge in [-0.3, -0.25) is 0 Å². The van der Waals surface area contributed by atoms with Crippen molar-refractivity contribution in [1.29, 1.82) is 0 Å². The highest BCUT2D eigenvalue weighted by atomic mass is 35.5. The first-order chi connectivity index (χ1) is 6.68. The second kappa shape index (κ2) is 4.40. The molecule has 1 saturated heterocycles. The van der Waals surface area contributed by atoms with E-state index in [4.69, 9.17) is 27.9 Å². The van der Waals surface area contributed by atoms with Crippen LogP contribution in [0.4, 0.5) is 0 Å². The van der Waals surface area contributed by atoms with Gasteiger partial charge in [0.15, 0.2) is 0 Å². The Morgan fingerprint density at radius 2 is 2.43 bits per heavy atom. The van der Waals surface area contributed by atoms with Crippen LogP contribution in [0.25, 0.3) is 0 Å². The summed E-state index contributed by atoms with van der Waals surface area (Å²) in [7, 11) is 0. The molecule has 2 atom stereocenters.